The maximum Gasteiger partial charge on any atom is 0.221 e. The maximum absolute atomic E-state index is 13.1. The number of anilines is 1. The Morgan fingerprint density at radius 3 is 2.34 bits per heavy atom. The molecule has 3 N–H and O–H groups in total. The van der Waals surface area contributed by atoms with Crippen molar-refractivity contribution in [1.82, 2.24) is 10.2 Å². The van der Waals surface area contributed by atoms with Crippen LogP contribution in [0.15, 0.2) is 42.5 Å². The van der Waals surface area contributed by atoms with Gasteiger partial charge >= 0.3 is 0 Å². The van der Waals surface area contributed by atoms with Crippen molar-refractivity contribution in [3.8, 4) is 0 Å². The van der Waals surface area contributed by atoms with Crippen LogP contribution in [0.3, 0.4) is 0 Å². The molecule has 0 atom stereocenters. The SMILES string of the molecule is CC(=O)NCc1ccc(CN2CCN(c3ccc(F)cc3)CC2)cc1CC(N)=O. The predicted molar refractivity (Wildman–Crippen MR) is 111 cm³/mol. The van der Waals surface area contributed by atoms with Crippen molar-refractivity contribution in [1.29, 1.82) is 0 Å². The number of nitrogens with zero attached hydrogens (tertiary/aromatic N) is 2. The number of halogens is 1. The van der Waals surface area contributed by atoms with E-state index in [0.29, 0.717) is 6.54 Å². The molecule has 29 heavy (non-hydrogen) atoms. The van der Waals surface area contributed by atoms with E-state index in [2.05, 4.69) is 15.1 Å². The van der Waals surface area contributed by atoms with Crippen molar-refractivity contribution in [3.05, 3.63) is 65.0 Å². The molecule has 2 amide bonds. The lowest BCUT2D eigenvalue weighted by Gasteiger charge is -2.36. The Kier molecular flexibility index (Phi) is 6.82. The molecular formula is C22H27FN4O2. The smallest absolute Gasteiger partial charge is 0.221 e. The standard InChI is InChI=1S/C22H27FN4O2/c1-16(28)25-14-18-3-2-17(12-19(18)13-22(24)29)15-26-8-10-27(11-9-26)21-6-4-20(23)5-7-21/h2-7,12H,8-11,13-15H2,1H3,(H2,24,29)(H,25,28). The zero-order chi connectivity index (χ0) is 20.8. The molecule has 2 aromatic rings. The molecule has 0 radical (unpaired) electrons. The molecule has 1 heterocycles. The highest BCUT2D eigenvalue weighted by Crippen LogP contribution is 2.19. The maximum atomic E-state index is 13.1. The van der Waals surface area contributed by atoms with Crippen LogP contribution in [0.5, 0.6) is 0 Å². The van der Waals surface area contributed by atoms with Gasteiger partial charge in [0.2, 0.25) is 11.8 Å². The average Bonchev–Trinajstić information content (AvgIpc) is 2.68. The quantitative estimate of drug-likeness (QED) is 0.746. The fourth-order valence-electron chi connectivity index (χ4n) is 3.60. The monoisotopic (exact) mass is 398 g/mol. The van der Waals surface area contributed by atoms with Gasteiger partial charge < -0.3 is 16.0 Å². The molecule has 6 nitrogen and oxygen atoms in total. The van der Waals surface area contributed by atoms with E-state index in [1.54, 1.807) is 0 Å². The van der Waals surface area contributed by atoms with Gasteiger partial charge in [-0.25, -0.2) is 4.39 Å². The number of hydrogen-bond donors (Lipinski definition) is 2. The lowest BCUT2D eigenvalue weighted by Crippen LogP contribution is -2.46. The molecule has 1 fully saturated rings. The van der Waals surface area contributed by atoms with Crippen molar-refractivity contribution in [3.63, 3.8) is 0 Å². The fourth-order valence-corrected chi connectivity index (χ4v) is 3.60. The number of rotatable bonds is 7. The summed E-state index contributed by atoms with van der Waals surface area (Å²) in [6.45, 7) is 6.18. The molecular weight excluding hydrogens is 371 g/mol. The van der Waals surface area contributed by atoms with Gasteiger partial charge in [0.05, 0.1) is 6.42 Å². The summed E-state index contributed by atoms with van der Waals surface area (Å²) in [5.74, 6) is -0.724. The largest absolute Gasteiger partial charge is 0.369 e. The topological polar surface area (TPSA) is 78.7 Å². The van der Waals surface area contributed by atoms with E-state index in [1.165, 1.54) is 19.1 Å². The number of amides is 2. The molecule has 0 spiro atoms. The molecule has 1 aliphatic rings. The molecule has 0 saturated carbocycles. The van der Waals surface area contributed by atoms with Crippen LogP contribution in [0.25, 0.3) is 0 Å². The van der Waals surface area contributed by atoms with E-state index in [1.807, 2.05) is 30.3 Å². The molecule has 0 aliphatic carbocycles. The summed E-state index contributed by atoms with van der Waals surface area (Å²) in [6, 6.07) is 12.6. The second-order valence-electron chi connectivity index (χ2n) is 7.40. The second kappa shape index (κ2) is 9.52. The third kappa shape index (κ3) is 6.02. The number of carbonyl (C=O) groups excluding carboxylic acids is 2. The molecule has 7 heteroatoms. The summed E-state index contributed by atoms with van der Waals surface area (Å²) in [7, 11) is 0. The predicted octanol–water partition coefficient (Wildman–Crippen LogP) is 1.81. The Bertz CT molecular complexity index is 862. The van der Waals surface area contributed by atoms with Crippen LogP contribution < -0.4 is 16.0 Å². The number of primary amides is 1. The summed E-state index contributed by atoms with van der Waals surface area (Å²) >= 11 is 0. The van der Waals surface area contributed by atoms with Crippen molar-refractivity contribution in [2.75, 3.05) is 31.1 Å². The Morgan fingerprint density at radius 1 is 1.03 bits per heavy atom. The third-order valence-corrected chi connectivity index (χ3v) is 5.13. The van der Waals surface area contributed by atoms with Gasteiger partial charge in [0, 0.05) is 51.9 Å². The highest BCUT2D eigenvalue weighted by molar-refractivity contribution is 5.77. The Labute approximate surface area is 170 Å². The average molecular weight is 398 g/mol. The first-order valence-electron chi connectivity index (χ1n) is 9.77. The van der Waals surface area contributed by atoms with E-state index in [9.17, 15) is 14.0 Å². The normalized spacial score (nSPS) is 14.6. The number of carbonyl (C=O) groups is 2. The lowest BCUT2D eigenvalue weighted by molar-refractivity contribution is -0.119. The summed E-state index contributed by atoms with van der Waals surface area (Å²) < 4.78 is 13.1. The number of hydrogen-bond acceptors (Lipinski definition) is 4. The van der Waals surface area contributed by atoms with Crippen LogP contribution in [0.1, 0.15) is 23.6 Å². The fraction of sp³-hybridized carbons (Fsp3) is 0.364. The number of nitrogens with one attached hydrogen (secondary N) is 1. The molecule has 1 saturated heterocycles. The Balaban J connectivity index is 1.61. The van der Waals surface area contributed by atoms with Crippen LogP contribution in [0, 0.1) is 5.82 Å². The van der Waals surface area contributed by atoms with Gasteiger partial charge in [-0.3, -0.25) is 14.5 Å². The minimum atomic E-state index is -0.390. The summed E-state index contributed by atoms with van der Waals surface area (Å²) in [6.07, 6.45) is 0.154. The zero-order valence-corrected chi connectivity index (χ0v) is 16.7. The van der Waals surface area contributed by atoms with Gasteiger partial charge in [-0.15, -0.1) is 0 Å². The van der Waals surface area contributed by atoms with Crippen molar-refractivity contribution >= 4 is 17.5 Å². The van der Waals surface area contributed by atoms with E-state index in [-0.39, 0.29) is 24.1 Å². The van der Waals surface area contributed by atoms with Crippen LogP contribution in [-0.2, 0) is 29.1 Å². The van der Waals surface area contributed by atoms with Gasteiger partial charge in [0.1, 0.15) is 5.82 Å². The van der Waals surface area contributed by atoms with Gasteiger partial charge in [-0.05, 0) is 41.0 Å². The highest BCUT2D eigenvalue weighted by Gasteiger charge is 2.18. The Hall–Kier alpha value is -2.93. The summed E-state index contributed by atoms with van der Waals surface area (Å²) in [5.41, 5.74) is 9.31. The van der Waals surface area contributed by atoms with Crippen molar-refractivity contribution < 1.29 is 14.0 Å². The third-order valence-electron chi connectivity index (χ3n) is 5.13. The Morgan fingerprint density at radius 2 is 1.72 bits per heavy atom. The number of benzene rings is 2. The number of nitrogens with two attached hydrogens (primary N) is 1. The highest BCUT2D eigenvalue weighted by atomic mass is 19.1. The van der Waals surface area contributed by atoms with E-state index < -0.39 is 0 Å². The lowest BCUT2D eigenvalue weighted by atomic mass is 10.00. The van der Waals surface area contributed by atoms with Gasteiger partial charge in [-0.1, -0.05) is 18.2 Å². The van der Waals surface area contributed by atoms with Gasteiger partial charge in [-0.2, -0.15) is 0 Å². The molecule has 154 valence electrons. The molecule has 3 rings (SSSR count). The van der Waals surface area contributed by atoms with Crippen molar-refractivity contribution in [2.24, 2.45) is 5.73 Å². The molecule has 0 bridgehead atoms. The van der Waals surface area contributed by atoms with Crippen LogP contribution in [0.2, 0.25) is 0 Å². The minimum Gasteiger partial charge on any atom is -0.369 e. The first-order chi connectivity index (χ1) is 13.9. The van der Waals surface area contributed by atoms with Crippen LogP contribution in [-0.4, -0.2) is 42.9 Å². The van der Waals surface area contributed by atoms with Crippen molar-refractivity contribution in [2.45, 2.75) is 26.4 Å². The zero-order valence-electron chi connectivity index (χ0n) is 16.7. The molecule has 2 aromatic carbocycles. The first kappa shape index (κ1) is 20.8. The van der Waals surface area contributed by atoms with Crippen LogP contribution >= 0.6 is 0 Å². The van der Waals surface area contributed by atoms with Crippen LogP contribution in [0.4, 0.5) is 10.1 Å². The first-order valence-corrected chi connectivity index (χ1v) is 9.77. The summed E-state index contributed by atoms with van der Waals surface area (Å²) in [5, 5.41) is 2.77. The van der Waals surface area contributed by atoms with E-state index >= 15 is 0 Å². The minimum absolute atomic E-state index is 0.113. The van der Waals surface area contributed by atoms with Gasteiger partial charge in [0.25, 0.3) is 0 Å². The van der Waals surface area contributed by atoms with Gasteiger partial charge in [0.15, 0.2) is 0 Å². The second-order valence-corrected chi connectivity index (χ2v) is 7.40. The summed E-state index contributed by atoms with van der Waals surface area (Å²) in [4.78, 5) is 27.3. The molecule has 0 aromatic heterocycles. The van der Waals surface area contributed by atoms with E-state index in [4.69, 9.17) is 5.73 Å². The molecule has 1 aliphatic heterocycles. The number of piperazine rings is 1. The molecule has 0 unspecified atom stereocenters. The van der Waals surface area contributed by atoms with E-state index in [0.717, 1.165) is 55.1 Å².